The van der Waals surface area contributed by atoms with E-state index in [4.69, 9.17) is 53.8 Å². The lowest BCUT2D eigenvalue weighted by molar-refractivity contribution is -0.0174. The molecule has 0 aliphatic carbocycles. The molecule has 28 heteroatoms. The lowest BCUT2D eigenvalue weighted by Crippen LogP contribution is -2.15. The van der Waals surface area contributed by atoms with Gasteiger partial charge in [0.15, 0.2) is 36.3 Å². The van der Waals surface area contributed by atoms with Crippen molar-refractivity contribution in [1.29, 1.82) is 0 Å². The Labute approximate surface area is 586 Å². The number of aromatic hydroxyl groups is 4. The molecule has 4 N–H and O–H groups in total. The summed E-state index contributed by atoms with van der Waals surface area (Å²) in [6.07, 6.45) is 1.68. The summed E-state index contributed by atoms with van der Waals surface area (Å²) in [6, 6.07) is 32.9. The number of rotatable bonds is 13. The number of halogens is 5. The van der Waals surface area contributed by atoms with Crippen molar-refractivity contribution in [2.75, 3.05) is 13.6 Å². The van der Waals surface area contributed by atoms with Crippen LogP contribution in [0.15, 0.2) is 148 Å². The number of benzene rings is 7. The summed E-state index contributed by atoms with van der Waals surface area (Å²) in [5.41, 5.74) is 13.1. The van der Waals surface area contributed by atoms with Gasteiger partial charge in [0.05, 0.1) is 72.8 Å². The van der Waals surface area contributed by atoms with Crippen molar-refractivity contribution < 1.29 is 48.2 Å². The number of ether oxygens (including phenoxy) is 4. The first-order valence-electron chi connectivity index (χ1n) is 30.7. The van der Waals surface area contributed by atoms with E-state index in [0.717, 1.165) is 66.4 Å². The number of aromatic nitrogens is 6. The van der Waals surface area contributed by atoms with Crippen molar-refractivity contribution in [2.45, 2.75) is 80.9 Å². The quantitative estimate of drug-likeness (QED) is 0.0781. The predicted molar refractivity (Wildman–Crippen MR) is 381 cm³/mol. The summed E-state index contributed by atoms with van der Waals surface area (Å²) >= 11 is 19.6. The SMILES string of the molecule is Cc1cc(C)c2c(c1)c(N=O)c(O)n2Cc1cc(F)cc2c1OCOC2.Cc1cc(C)c2c(c1)c(N=O)c(O)n2Cc1csc(-c2ccc(Cl)cc2)n1.Cc1cc(Cl)cc2c(N=O)c(O)n(Cc3cc(F)cc4c3OCOC4)c12.Cc1cc(Cl)cc2c(N=O)c(O)n(Cc3ccccn3)c12. The summed E-state index contributed by atoms with van der Waals surface area (Å²) in [4.78, 5) is 53.8. The van der Waals surface area contributed by atoms with Crippen molar-refractivity contribution in [3.8, 4) is 45.6 Å². The van der Waals surface area contributed by atoms with Crippen molar-refractivity contribution in [3.63, 3.8) is 0 Å². The minimum Gasteiger partial charge on any atom is -0.493 e. The van der Waals surface area contributed by atoms with E-state index in [-0.39, 0.29) is 86.2 Å². The van der Waals surface area contributed by atoms with Gasteiger partial charge in [-0.1, -0.05) is 76.3 Å². The van der Waals surface area contributed by atoms with E-state index in [0.29, 0.717) is 94.5 Å². The molecule has 15 rings (SSSR count). The first-order valence-corrected chi connectivity index (χ1v) is 32.7. The van der Waals surface area contributed by atoms with E-state index in [9.17, 15) is 48.8 Å². The molecule has 8 heterocycles. The molecule has 0 spiro atoms. The predicted octanol–water partition coefficient (Wildman–Crippen LogP) is 19.5. The maximum Gasteiger partial charge on any atom is 0.222 e. The van der Waals surface area contributed by atoms with Crippen LogP contribution in [0.1, 0.15) is 67.0 Å². The molecule has 0 fully saturated rings. The molecule has 6 aromatic heterocycles. The molecule has 0 radical (unpaired) electrons. The Bertz CT molecular complexity index is 5240. The molecule has 0 unspecified atom stereocenters. The Balaban J connectivity index is 0.000000127. The normalized spacial score (nSPS) is 12.3. The smallest absolute Gasteiger partial charge is 0.222 e. The van der Waals surface area contributed by atoms with Gasteiger partial charge >= 0.3 is 0 Å². The molecule has 22 nitrogen and oxygen atoms in total. The lowest BCUT2D eigenvalue weighted by Gasteiger charge is -2.21. The van der Waals surface area contributed by atoms with Gasteiger partial charge in [-0.05, 0) is 169 Å². The third kappa shape index (κ3) is 13.7. The molecule has 100 heavy (non-hydrogen) atoms. The average Bonchev–Trinajstić information content (AvgIpc) is 1.62. The Morgan fingerprint density at radius 2 is 0.880 bits per heavy atom. The van der Waals surface area contributed by atoms with Gasteiger partial charge in [-0.3, -0.25) is 4.98 Å². The summed E-state index contributed by atoms with van der Waals surface area (Å²) in [5, 5.41) is 60.6. The first kappa shape index (κ1) is 69.2. The van der Waals surface area contributed by atoms with E-state index in [2.05, 4.69) is 30.7 Å². The van der Waals surface area contributed by atoms with Crippen LogP contribution < -0.4 is 9.47 Å². The zero-order valence-corrected chi connectivity index (χ0v) is 57.2. The number of aryl methyl sites for hydroxylation is 6. The van der Waals surface area contributed by atoms with E-state index in [1.54, 1.807) is 50.2 Å². The highest BCUT2D eigenvalue weighted by Crippen LogP contribution is 2.47. The first-order chi connectivity index (χ1) is 48.1. The van der Waals surface area contributed by atoms with Crippen LogP contribution in [-0.4, -0.2) is 62.2 Å². The molecule has 2 aliphatic heterocycles. The van der Waals surface area contributed by atoms with Gasteiger partial charge in [-0.15, -0.1) is 31.0 Å². The molecule has 2 aliphatic rings. The third-order valence-corrected chi connectivity index (χ3v) is 18.6. The van der Waals surface area contributed by atoms with E-state index in [1.807, 2.05) is 108 Å². The zero-order chi connectivity index (χ0) is 71.0. The van der Waals surface area contributed by atoms with Gasteiger partial charge in [-0.2, -0.15) is 0 Å². The number of hydrogen-bond donors (Lipinski definition) is 4. The van der Waals surface area contributed by atoms with Crippen LogP contribution in [0.2, 0.25) is 15.1 Å². The summed E-state index contributed by atoms with van der Waals surface area (Å²) < 4.78 is 55.9. The van der Waals surface area contributed by atoms with Crippen LogP contribution in [-0.2, 0) is 48.9 Å². The summed E-state index contributed by atoms with van der Waals surface area (Å²) in [7, 11) is 0. The fourth-order valence-electron chi connectivity index (χ4n) is 12.9. The highest BCUT2D eigenvalue weighted by Gasteiger charge is 2.27. The summed E-state index contributed by atoms with van der Waals surface area (Å²) in [6.45, 7) is 13.0. The van der Waals surface area contributed by atoms with Gasteiger partial charge in [0.25, 0.3) is 0 Å². The van der Waals surface area contributed by atoms with Gasteiger partial charge in [0.1, 0.15) is 28.1 Å². The van der Waals surface area contributed by atoms with Crippen molar-refractivity contribution in [1.82, 2.24) is 28.2 Å². The molecule has 0 bridgehead atoms. The van der Waals surface area contributed by atoms with Crippen LogP contribution in [0.4, 0.5) is 31.5 Å². The van der Waals surface area contributed by atoms with Crippen LogP contribution in [0.3, 0.4) is 0 Å². The van der Waals surface area contributed by atoms with Crippen molar-refractivity contribution in [2.24, 2.45) is 20.7 Å². The Kier molecular flexibility index (Phi) is 20.1. The standard InChI is InChI=1S/C20H16ClN3O2S.C19H17FN2O4.C18H14ClFN2O4.C15H12ClN3O2/c1-11-7-12(2)18-16(8-11)17(23-26)20(25)24(18)9-15-10-27-19(22-15)13-3-5-14(21)6-4-13;1-10-3-11(2)17-15(4-10)16(21-24)19(23)22(17)7-12-5-14(20)6-13-8-25-9-26-18(12)13;1-9-2-12(19)5-14-15(21-24)18(23)22(16(9)14)6-10-3-13(20)4-11-7-25-8-26-17(10)11;1-9-6-10(16)7-12-13(18-21)15(20)19(14(9)12)8-11-4-2-3-5-17-11/h3-8,10,25H,9H2,1-2H3;3-6,23H,7-9H2,1-2H3;2-5,23H,6-8H2,1H3;2-7,20H,8H2,1H3. The molecule has 13 aromatic rings. The highest BCUT2D eigenvalue weighted by atomic mass is 35.5. The van der Waals surface area contributed by atoms with E-state index in [1.165, 1.54) is 40.2 Å². The second-order valence-corrected chi connectivity index (χ2v) is 26.1. The fraction of sp³-hybridized carbons (Fsp3) is 0.194. The molecule has 7 aromatic carbocycles. The van der Waals surface area contributed by atoms with Crippen molar-refractivity contribution in [3.05, 3.63) is 240 Å². The van der Waals surface area contributed by atoms with E-state index < -0.39 is 11.6 Å². The third-order valence-electron chi connectivity index (χ3n) is 16.9. The zero-order valence-electron chi connectivity index (χ0n) is 54.1. The van der Waals surface area contributed by atoms with Gasteiger partial charge < -0.3 is 57.6 Å². The highest BCUT2D eigenvalue weighted by molar-refractivity contribution is 7.13. The molecular formula is C72H59Cl3F2N10O12S. The minimum absolute atomic E-state index is 0.00605. The molecular weight excluding hydrogens is 1370 g/mol. The van der Waals surface area contributed by atoms with E-state index >= 15 is 0 Å². The number of thiazole rings is 1. The fourth-order valence-corrected chi connectivity index (χ4v) is 14.4. The Morgan fingerprint density at radius 1 is 0.480 bits per heavy atom. The molecule has 0 atom stereocenters. The lowest BCUT2D eigenvalue weighted by atomic mass is 10.1. The van der Waals surface area contributed by atoms with Crippen LogP contribution >= 0.6 is 46.1 Å². The number of fused-ring (bicyclic) bond motifs is 6. The van der Waals surface area contributed by atoms with Crippen LogP contribution in [0.5, 0.6) is 35.0 Å². The Morgan fingerprint density at radius 3 is 1.29 bits per heavy atom. The number of hydrogen-bond acceptors (Lipinski definition) is 19. The molecule has 0 amide bonds. The van der Waals surface area contributed by atoms with Crippen LogP contribution in [0, 0.1) is 72.8 Å². The largest absolute Gasteiger partial charge is 0.493 e. The summed E-state index contributed by atoms with van der Waals surface area (Å²) in [5.74, 6) is -0.622. The average molecular weight is 1430 g/mol. The van der Waals surface area contributed by atoms with Gasteiger partial charge in [0, 0.05) is 76.0 Å². The second-order valence-electron chi connectivity index (χ2n) is 23.9. The minimum atomic E-state index is -0.433. The maximum absolute atomic E-state index is 14.0. The maximum atomic E-state index is 14.0. The van der Waals surface area contributed by atoms with Gasteiger partial charge in [-0.25, -0.2) is 13.8 Å². The molecule has 0 saturated heterocycles. The topological polar surface area (TPSA) is 281 Å². The molecule has 0 saturated carbocycles. The number of nitrogens with zero attached hydrogens (tertiary/aromatic N) is 10. The number of nitroso groups, excluding NO2 is 4. The Hall–Kier alpha value is -10.7. The van der Waals surface area contributed by atoms with Crippen molar-refractivity contribution >= 4 is 113 Å². The monoisotopic (exact) mass is 1430 g/mol. The second kappa shape index (κ2) is 29.0. The molecule has 510 valence electrons. The van der Waals surface area contributed by atoms with Crippen LogP contribution in [0.25, 0.3) is 54.2 Å². The number of pyridine rings is 1. The van der Waals surface area contributed by atoms with Gasteiger partial charge in [0.2, 0.25) is 23.5 Å².